The van der Waals surface area contributed by atoms with Crippen LogP contribution in [0.5, 0.6) is 0 Å². The highest BCUT2D eigenvalue weighted by atomic mass is 35.5. The van der Waals surface area contributed by atoms with Crippen LogP contribution < -0.4 is 10.6 Å². The van der Waals surface area contributed by atoms with Gasteiger partial charge in [-0.3, -0.25) is 4.79 Å². The zero-order valence-electron chi connectivity index (χ0n) is 11.5. The first-order valence-corrected chi connectivity index (χ1v) is 7.03. The molecule has 0 spiro atoms. The van der Waals surface area contributed by atoms with Crippen molar-refractivity contribution in [2.24, 2.45) is 0 Å². The van der Waals surface area contributed by atoms with Gasteiger partial charge in [-0.05, 0) is 26.5 Å². The number of hydrogen-bond acceptors (Lipinski definition) is 5. The van der Waals surface area contributed by atoms with Gasteiger partial charge in [0.15, 0.2) is 5.16 Å². The summed E-state index contributed by atoms with van der Waals surface area (Å²) in [6, 6.07) is 1.92. The molecule has 1 rings (SSSR count). The van der Waals surface area contributed by atoms with Crippen LogP contribution in [0.2, 0.25) is 0 Å². The first-order valence-electron chi connectivity index (χ1n) is 6.04. The molecule has 1 amide bonds. The summed E-state index contributed by atoms with van der Waals surface area (Å²) in [5.41, 5.74) is 1.86. The van der Waals surface area contributed by atoms with Gasteiger partial charge in [0.1, 0.15) is 0 Å². The van der Waals surface area contributed by atoms with Crippen molar-refractivity contribution >= 4 is 30.1 Å². The second-order valence-corrected chi connectivity index (χ2v) is 4.87. The van der Waals surface area contributed by atoms with Crippen molar-refractivity contribution in [1.29, 1.82) is 0 Å². The van der Waals surface area contributed by atoms with Gasteiger partial charge < -0.3 is 10.6 Å². The zero-order valence-corrected chi connectivity index (χ0v) is 13.2. The largest absolute Gasteiger partial charge is 0.354 e. The summed E-state index contributed by atoms with van der Waals surface area (Å²) < 4.78 is 0. The van der Waals surface area contributed by atoms with E-state index in [1.54, 1.807) is 0 Å². The van der Waals surface area contributed by atoms with Crippen LogP contribution in [0.3, 0.4) is 0 Å². The molecular formula is C12H21ClN4OS. The number of carbonyl (C=O) groups is 1. The average Bonchev–Trinajstić information content (AvgIpc) is 2.31. The van der Waals surface area contributed by atoms with Crippen molar-refractivity contribution in [3.05, 3.63) is 17.5 Å². The topological polar surface area (TPSA) is 66.9 Å². The van der Waals surface area contributed by atoms with E-state index >= 15 is 0 Å². The summed E-state index contributed by atoms with van der Waals surface area (Å²) in [7, 11) is 0. The van der Waals surface area contributed by atoms with Crippen molar-refractivity contribution in [3.8, 4) is 0 Å². The van der Waals surface area contributed by atoms with Gasteiger partial charge in [-0.15, -0.1) is 12.4 Å². The number of aromatic nitrogens is 2. The first-order chi connectivity index (χ1) is 8.61. The van der Waals surface area contributed by atoms with Crippen LogP contribution in [-0.4, -0.2) is 41.3 Å². The minimum atomic E-state index is 0. The standard InChI is InChI=1S/C12H20N4OS.ClH/c1-4-13-5-6-14-11(17)8-18-12-15-9(2)7-10(3)16-12;/h7,13H,4-6,8H2,1-3H3,(H,14,17);1H. The second-order valence-electron chi connectivity index (χ2n) is 3.93. The monoisotopic (exact) mass is 304 g/mol. The molecule has 0 fully saturated rings. The number of hydrogen-bond donors (Lipinski definition) is 2. The van der Waals surface area contributed by atoms with E-state index in [2.05, 4.69) is 20.6 Å². The Bertz CT molecular complexity index is 383. The van der Waals surface area contributed by atoms with Crippen molar-refractivity contribution in [1.82, 2.24) is 20.6 Å². The minimum absolute atomic E-state index is 0. The normalized spacial score (nSPS) is 9.84. The van der Waals surface area contributed by atoms with Gasteiger partial charge in [0.05, 0.1) is 5.75 Å². The summed E-state index contributed by atoms with van der Waals surface area (Å²) in [6.07, 6.45) is 0. The van der Waals surface area contributed by atoms with Gasteiger partial charge in [-0.2, -0.15) is 0 Å². The predicted octanol–water partition coefficient (Wildman–Crippen LogP) is 1.33. The second kappa shape index (κ2) is 10.00. The van der Waals surface area contributed by atoms with E-state index in [1.165, 1.54) is 11.8 Å². The fourth-order valence-electron chi connectivity index (χ4n) is 1.41. The Labute approximate surface area is 124 Å². The Hall–Kier alpha value is -0.850. The van der Waals surface area contributed by atoms with Crippen LogP contribution in [0.4, 0.5) is 0 Å². The summed E-state index contributed by atoms with van der Waals surface area (Å²) in [5, 5.41) is 6.65. The molecule has 0 saturated heterocycles. The molecule has 19 heavy (non-hydrogen) atoms. The Morgan fingerprint density at radius 2 is 1.89 bits per heavy atom. The number of carbonyl (C=O) groups excluding carboxylic acids is 1. The van der Waals surface area contributed by atoms with E-state index in [1.807, 2.05) is 26.8 Å². The predicted molar refractivity (Wildman–Crippen MR) is 81.0 cm³/mol. The van der Waals surface area contributed by atoms with Gasteiger partial charge in [0, 0.05) is 24.5 Å². The molecule has 0 bridgehead atoms. The zero-order chi connectivity index (χ0) is 13.4. The SMILES string of the molecule is CCNCCNC(=O)CSc1nc(C)cc(C)n1.Cl. The Morgan fingerprint density at radius 3 is 2.47 bits per heavy atom. The third-order valence-electron chi connectivity index (χ3n) is 2.17. The number of likely N-dealkylation sites (N-methyl/N-ethyl adjacent to an activating group) is 1. The van der Waals surface area contributed by atoms with Gasteiger partial charge in [-0.25, -0.2) is 9.97 Å². The molecule has 7 heteroatoms. The lowest BCUT2D eigenvalue weighted by atomic mass is 10.4. The van der Waals surface area contributed by atoms with Crippen molar-refractivity contribution in [2.45, 2.75) is 25.9 Å². The van der Waals surface area contributed by atoms with E-state index in [0.29, 0.717) is 17.5 Å². The first kappa shape index (κ1) is 18.1. The van der Waals surface area contributed by atoms with Gasteiger partial charge in [0.2, 0.25) is 5.91 Å². The highest BCUT2D eigenvalue weighted by Gasteiger charge is 2.05. The van der Waals surface area contributed by atoms with Crippen LogP contribution in [-0.2, 0) is 4.79 Å². The highest BCUT2D eigenvalue weighted by molar-refractivity contribution is 7.99. The number of thioether (sulfide) groups is 1. The van der Waals surface area contributed by atoms with E-state index in [-0.39, 0.29) is 18.3 Å². The van der Waals surface area contributed by atoms with E-state index in [4.69, 9.17) is 0 Å². The summed E-state index contributed by atoms with van der Waals surface area (Å²) in [6.45, 7) is 8.26. The third kappa shape index (κ3) is 8.02. The van der Waals surface area contributed by atoms with E-state index in [9.17, 15) is 4.79 Å². The summed E-state index contributed by atoms with van der Waals surface area (Å²) >= 11 is 1.37. The van der Waals surface area contributed by atoms with Crippen molar-refractivity contribution in [3.63, 3.8) is 0 Å². The molecule has 5 nitrogen and oxygen atoms in total. The molecule has 0 radical (unpaired) electrons. The lowest BCUT2D eigenvalue weighted by molar-refractivity contribution is -0.118. The molecule has 0 atom stereocenters. The summed E-state index contributed by atoms with van der Waals surface area (Å²) in [4.78, 5) is 20.1. The number of nitrogens with zero attached hydrogens (tertiary/aromatic N) is 2. The number of amides is 1. The maximum Gasteiger partial charge on any atom is 0.230 e. The summed E-state index contributed by atoms with van der Waals surface area (Å²) in [5.74, 6) is 0.371. The Kier molecular flexibility index (Phi) is 9.55. The number of aryl methyl sites for hydroxylation is 2. The molecule has 0 aliphatic carbocycles. The third-order valence-corrected chi connectivity index (χ3v) is 3.02. The Balaban J connectivity index is 0.00000324. The van der Waals surface area contributed by atoms with Gasteiger partial charge in [-0.1, -0.05) is 18.7 Å². The fourth-order valence-corrected chi connectivity index (χ4v) is 2.19. The molecule has 1 aromatic rings. The molecule has 0 saturated carbocycles. The maximum absolute atomic E-state index is 11.5. The molecule has 2 N–H and O–H groups in total. The molecule has 0 aromatic carbocycles. The number of halogens is 1. The van der Waals surface area contributed by atoms with Crippen LogP contribution >= 0.6 is 24.2 Å². The van der Waals surface area contributed by atoms with E-state index < -0.39 is 0 Å². The maximum atomic E-state index is 11.5. The average molecular weight is 305 g/mol. The lowest BCUT2D eigenvalue weighted by Crippen LogP contribution is -2.32. The van der Waals surface area contributed by atoms with Crippen LogP contribution in [0.25, 0.3) is 0 Å². The van der Waals surface area contributed by atoms with Crippen LogP contribution in [0.1, 0.15) is 18.3 Å². The van der Waals surface area contributed by atoms with Gasteiger partial charge >= 0.3 is 0 Å². The van der Waals surface area contributed by atoms with Crippen molar-refractivity contribution in [2.75, 3.05) is 25.4 Å². The quantitative estimate of drug-likeness (QED) is 0.452. The molecule has 0 aliphatic heterocycles. The minimum Gasteiger partial charge on any atom is -0.354 e. The molecule has 1 heterocycles. The molecule has 0 unspecified atom stereocenters. The van der Waals surface area contributed by atoms with Crippen molar-refractivity contribution < 1.29 is 4.79 Å². The van der Waals surface area contributed by atoms with Crippen LogP contribution in [0.15, 0.2) is 11.2 Å². The van der Waals surface area contributed by atoms with E-state index in [0.717, 1.165) is 24.5 Å². The number of nitrogens with one attached hydrogen (secondary N) is 2. The molecule has 0 aliphatic rings. The fraction of sp³-hybridized carbons (Fsp3) is 0.583. The smallest absolute Gasteiger partial charge is 0.230 e. The lowest BCUT2D eigenvalue weighted by Gasteiger charge is -2.05. The molecule has 1 aromatic heterocycles. The van der Waals surface area contributed by atoms with Gasteiger partial charge in [0.25, 0.3) is 0 Å². The molecule has 108 valence electrons. The van der Waals surface area contributed by atoms with Crippen LogP contribution in [0, 0.1) is 13.8 Å². The Morgan fingerprint density at radius 1 is 1.26 bits per heavy atom. The highest BCUT2D eigenvalue weighted by Crippen LogP contribution is 2.13. The number of rotatable bonds is 7. The molecular weight excluding hydrogens is 284 g/mol.